The fraction of sp³-hybridized carbons (Fsp3) is 0.207. The molecule has 1 heterocycles. The van der Waals surface area contributed by atoms with Gasteiger partial charge in [0.25, 0.3) is 0 Å². The summed E-state index contributed by atoms with van der Waals surface area (Å²) >= 11 is 1.73. The van der Waals surface area contributed by atoms with Crippen LogP contribution in [-0.4, -0.2) is 28.1 Å². The van der Waals surface area contributed by atoms with Crippen LogP contribution in [0.25, 0.3) is 32.0 Å². The predicted molar refractivity (Wildman–Crippen MR) is 149 cm³/mol. The van der Waals surface area contributed by atoms with E-state index in [1.54, 1.807) is 25.6 Å². The number of rotatable bonds is 9. The zero-order valence-electron chi connectivity index (χ0n) is 21.4. The number of hydrogen-bond donors (Lipinski definition) is 0. The molecule has 3 aromatic carbocycles. The Hall–Kier alpha value is -3.59. The fourth-order valence-corrected chi connectivity index (χ4v) is 4.87. The summed E-state index contributed by atoms with van der Waals surface area (Å²) < 4.78 is 56.2. The van der Waals surface area contributed by atoms with Crippen molar-refractivity contribution in [1.29, 1.82) is 0 Å². The average molecular weight is 544 g/mol. The molecule has 0 unspecified atom stereocenters. The minimum Gasteiger partial charge on any atom is -0.496 e. The second kappa shape index (κ2) is 13.8. The van der Waals surface area contributed by atoms with Gasteiger partial charge in [0.15, 0.2) is 0 Å². The Labute approximate surface area is 224 Å². The first-order valence-corrected chi connectivity index (χ1v) is 12.9. The molecule has 0 fully saturated rings. The monoisotopic (exact) mass is 544 g/mol. The number of para-hydroxylation sites is 2. The van der Waals surface area contributed by atoms with Gasteiger partial charge in [0, 0.05) is 12.1 Å². The second-order valence-corrected chi connectivity index (χ2v) is 9.28. The molecule has 0 aliphatic heterocycles. The molecule has 38 heavy (non-hydrogen) atoms. The molecule has 0 saturated heterocycles. The maximum absolute atomic E-state index is 9.75. The lowest BCUT2D eigenvalue weighted by molar-refractivity contribution is 0.309. The van der Waals surface area contributed by atoms with Crippen molar-refractivity contribution in [2.24, 2.45) is 0 Å². The highest BCUT2D eigenvalue weighted by Crippen LogP contribution is 2.42. The van der Waals surface area contributed by atoms with E-state index in [0.29, 0.717) is 0 Å². The van der Waals surface area contributed by atoms with Crippen molar-refractivity contribution in [3.05, 3.63) is 84.9 Å². The third-order valence-corrected chi connectivity index (χ3v) is 6.61. The Bertz CT molecular complexity index is 1240. The standard InChI is InChI=1S/C29H29O3S.BF4/c1-4-5-18-32-23-16-14-21(15-17-23)22-19-28(24-10-6-8-12-26(24)30-2)33-29(20-22)25-11-7-9-13-27(25)31-3;2-1(3,4)5/h6-17,19-20H,4-5,18H2,1-3H3;/q+1;-1. The highest BCUT2D eigenvalue weighted by atomic mass is 32.1. The van der Waals surface area contributed by atoms with Crippen molar-refractivity contribution in [2.45, 2.75) is 19.8 Å². The molecule has 0 atom stereocenters. The van der Waals surface area contributed by atoms with E-state index in [1.807, 2.05) is 48.5 Å². The molecule has 9 heteroatoms. The van der Waals surface area contributed by atoms with Gasteiger partial charge in [-0.05, 0) is 53.9 Å². The second-order valence-electron chi connectivity index (χ2n) is 8.20. The molecule has 0 aliphatic rings. The van der Waals surface area contributed by atoms with Gasteiger partial charge >= 0.3 is 7.25 Å². The summed E-state index contributed by atoms with van der Waals surface area (Å²) in [6.45, 7) is 2.92. The molecule has 0 bridgehead atoms. The van der Waals surface area contributed by atoms with Gasteiger partial charge in [0.1, 0.15) is 17.2 Å². The quantitative estimate of drug-likeness (QED) is 0.0909. The van der Waals surface area contributed by atoms with Crippen LogP contribution in [-0.2, 0) is 0 Å². The molecule has 200 valence electrons. The summed E-state index contributed by atoms with van der Waals surface area (Å²) in [6.07, 6.45) is 2.19. The Balaban J connectivity index is 0.000000732. The summed E-state index contributed by atoms with van der Waals surface area (Å²) in [5.74, 6) is 2.62. The van der Waals surface area contributed by atoms with E-state index in [4.69, 9.17) is 14.2 Å². The highest BCUT2D eigenvalue weighted by molar-refractivity contribution is 7.18. The number of ether oxygens (including phenoxy) is 3. The van der Waals surface area contributed by atoms with Crippen LogP contribution in [0, 0.1) is 0 Å². The van der Waals surface area contributed by atoms with Gasteiger partial charge in [-0.3, -0.25) is 0 Å². The normalized spacial score (nSPS) is 10.8. The van der Waals surface area contributed by atoms with Crippen LogP contribution in [0.1, 0.15) is 19.8 Å². The molecule has 4 aromatic rings. The molecule has 4 rings (SSSR count). The summed E-state index contributed by atoms with van der Waals surface area (Å²) in [4.78, 5) is 2.27. The van der Waals surface area contributed by atoms with Gasteiger partial charge in [0.05, 0.1) is 32.0 Å². The molecular weight excluding hydrogens is 515 g/mol. The third kappa shape index (κ3) is 8.48. The first-order chi connectivity index (χ1) is 18.2. The van der Waals surface area contributed by atoms with E-state index < -0.39 is 7.25 Å². The maximum atomic E-state index is 9.75. The molecule has 0 N–H and O–H groups in total. The number of benzene rings is 3. The van der Waals surface area contributed by atoms with Gasteiger partial charge in [-0.2, -0.15) is 0 Å². The summed E-state index contributed by atoms with van der Waals surface area (Å²) in [7, 11) is -2.57. The zero-order chi connectivity index (χ0) is 27.5. The van der Waals surface area contributed by atoms with E-state index in [1.165, 1.54) is 0 Å². The van der Waals surface area contributed by atoms with Crippen molar-refractivity contribution in [3.8, 4) is 49.3 Å². The SMILES string of the molecule is CCCCOc1ccc(-c2cc(-c3ccccc3OC)[s+]c(-c3ccccc3OC)c2)cc1.F[B-](F)(F)F. The lowest BCUT2D eigenvalue weighted by atomic mass is 10.0. The molecular formula is C29H29BF4O3S. The van der Waals surface area contributed by atoms with Crippen LogP contribution in [0.4, 0.5) is 17.3 Å². The topological polar surface area (TPSA) is 27.7 Å². The van der Waals surface area contributed by atoms with Crippen LogP contribution in [0.2, 0.25) is 0 Å². The van der Waals surface area contributed by atoms with E-state index in [0.717, 1.165) is 68.7 Å². The number of methoxy groups -OCH3 is 2. The van der Waals surface area contributed by atoms with Crippen LogP contribution in [0.15, 0.2) is 84.9 Å². The molecule has 1 aromatic heterocycles. The summed E-state index contributed by atoms with van der Waals surface area (Å²) in [6, 6.07) is 29.1. The molecule has 0 amide bonds. The van der Waals surface area contributed by atoms with Crippen LogP contribution in [0.5, 0.6) is 17.2 Å². The van der Waals surface area contributed by atoms with E-state index >= 15 is 0 Å². The lowest BCUT2D eigenvalue weighted by Crippen LogP contribution is -2.02. The molecule has 0 spiro atoms. The van der Waals surface area contributed by atoms with Gasteiger partial charge in [0.2, 0.25) is 21.1 Å². The average Bonchev–Trinajstić information content (AvgIpc) is 2.92. The van der Waals surface area contributed by atoms with Crippen LogP contribution >= 0.6 is 11.3 Å². The molecule has 3 nitrogen and oxygen atoms in total. The Morgan fingerprint density at radius 3 is 1.61 bits per heavy atom. The maximum Gasteiger partial charge on any atom is 0.673 e. The molecule has 0 radical (unpaired) electrons. The van der Waals surface area contributed by atoms with Gasteiger partial charge in [-0.15, -0.1) is 0 Å². The van der Waals surface area contributed by atoms with Gasteiger partial charge < -0.3 is 31.5 Å². The first-order valence-electron chi connectivity index (χ1n) is 12.1. The van der Waals surface area contributed by atoms with Gasteiger partial charge in [-0.25, -0.2) is 0 Å². The number of unbranched alkanes of at least 4 members (excludes halogenated alkanes) is 1. The number of hydrogen-bond acceptors (Lipinski definition) is 3. The summed E-state index contributed by atoms with van der Waals surface area (Å²) in [5, 5.41) is 0. The Morgan fingerprint density at radius 1 is 0.684 bits per heavy atom. The largest absolute Gasteiger partial charge is 0.673 e. The van der Waals surface area contributed by atoms with E-state index in [-0.39, 0.29) is 0 Å². The smallest absolute Gasteiger partial charge is 0.496 e. The predicted octanol–water partition coefficient (Wildman–Crippen LogP) is 9.53. The highest BCUT2D eigenvalue weighted by Gasteiger charge is 2.23. The third-order valence-electron chi connectivity index (χ3n) is 5.49. The van der Waals surface area contributed by atoms with Gasteiger partial charge in [-0.1, -0.05) is 49.7 Å². The number of halogens is 4. The zero-order valence-corrected chi connectivity index (χ0v) is 22.2. The first kappa shape index (κ1) is 29.0. The van der Waals surface area contributed by atoms with Crippen molar-refractivity contribution >= 4 is 18.6 Å². The Kier molecular flexibility index (Phi) is 10.5. The minimum absolute atomic E-state index is 0.749. The van der Waals surface area contributed by atoms with Crippen LogP contribution < -0.4 is 14.2 Å². The molecule has 0 saturated carbocycles. The van der Waals surface area contributed by atoms with E-state index in [9.17, 15) is 17.3 Å². The van der Waals surface area contributed by atoms with Crippen molar-refractivity contribution in [3.63, 3.8) is 0 Å². The molecule has 0 aliphatic carbocycles. The van der Waals surface area contributed by atoms with E-state index in [2.05, 4.69) is 43.3 Å². The Morgan fingerprint density at radius 2 is 1.16 bits per heavy atom. The van der Waals surface area contributed by atoms with Crippen LogP contribution in [0.3, 0.4) is 0 Å². The van der Waals surface area contributed by atoms with Crippen molar-refractivity contribution in [2.75, 3.05) is 20.8 Å². The van der Waals surface area contributed by atoms with Crippen molar-refractivity contribution < 1.29 is 31.5 Å². The summed E-state index contributed by atoms with van der Waals surface area (Å²) in [5.41, 5.74) is 4.42. The van der Waals surface area contributed by atoms with Crippen molar-refractivity contribution in [1.82, 2.24) is 0 Å². The lowest BCUT2D eigenvalue weighted by Gasteiger charge is -2.09. The minimum atomic E-state index is -6.00. The fourth-order valence-electron chi connectivity index (χ4n) is 3.71.